The summed E-state index contributed by atoms with van der Waals surface area (Å²) in [6.07, 6.45) is 4.36. The van der Waals surface area contributed by atoms with E-state index in [0.717, 1.165) is 37.8 Å². The van der Waals surface area contributed by atoms with Crippen molar-refractivity contribution < 1.29 is 8.78 Å². The second kappa shape index (κ2) is 5.13. The Labute approximate surface area is 101 Å². The van der Waals surface area contributed by atoms with Gasteiger partial charge < -0.3 is 5.73 Å². The summed E-state index contributed by atoms with van der Waals surface area (Å²) in [5.74, 6) is 0.180. The molecule has 0 saturated heterocycles. The van der Waals surface area contributed by atoms with Crippen LogP contribution in [0.25, 0.3) is 0 Å². The normalized spacial score (nSPS) is 26.1. The van der Waals surface area contributed by atoms with Crippen molar-refractivity contribution in [3.05, 3.63) is 35.4 Å². The van der Waals surface area contributed by atoms with Crippen LogP contribution < -0.4 is 5.73 Å². The molecule has 0 aliphatic heterocycles. The van der Waals surface area contributed by atoms with Crippen molar-refractivity contribution in [3.8, 4) is 0 Å². The molecule has 3 heteroatoms. The fraction of sp³-hybridized carbons (Fsp3) is 0.571. The number of nitrogens with two attached hydrogens (primary N) is 1. The van der Waals surface area contributed by atoms with Crippen LogP contribution in [0.5, 0.6) is 0 Å². The fourth-order valence-corrected chi connectivity index (χ4v) is 2.83. The van der Waals surface area contributed by atoms with Gasteiger partial charge in [0.25, 0.3) is 0 Å². The highest BCUT2D eigenvalue weighted by Gasteiger charge is 2.30. The van der Waals surface area contributed by atoms with Gasteiger partial charge in [0.1, 0.15) is 11.6 Å². The molecule has 2 N–H and O–H groups in total. The summed E-state index contributed by atoms with van der Waals surface area (Å²) in [5.41, 5.74) is 6.41. The van der Waals surface area contributed by atoms with Gasteiger partial charge in [-0.05, 0) is 42.9 Å². The van der Waals surface area contributed by atoms with Crippen molar-refractivity contribution in [2.45, 2.75) is 38.6 Å². The summed E-state index contributed by atoms with van der Waals surface area (Å²) in [7, 11) is 0. The molecule has 1 fully saturated rings. The van der Waals surface area contributed by atoms with Crippen LogP contribution in [0.4, 0.5) is 8.78 Å². The maximum atomic E-state index is 13.6. The van der Waals surface area contributed by atoms with Crippen LogP contribution in [0.1, 0.15) is 44.2 Å². The van der Waals surface area contributed by atoms with Gasteiger partial charge in [0.2, 0.25) is 0 Å². The molecule has 1 aromatic rings. The first-order valence-corrected chi connectivity index (χ1v) is 6.32. The Hall–Kier alpha value is -0.960. The molecule has 17 heavy (non-hydrogen) atoms. The van der Waals surface area contributed by atoms with Crippen LogP contribution in [0, 0.1) is 23.5 Å². The molecule has 0 heterocycles. The van der Waals surface area contributed by atoms with Gasteiger partial charge in [-0.25, -0.2) is 8.78 Å². The Morgan fingerprint density at radius 3 is 2.76 bits per heavy atom. The van der Waals surface area contributed by atoms with E-state index in [1.807, 2.05) is 0 Å². The Balaban J connectivity index is 2.14. The van der Waals surface area contributed by atoms with Crippen molar-refractivity contribution in [1.82, 2.24) is 0 Å². The molecule has 0 aromatic heterocycles. The van der Waals surface area contributed by atoms with Gasteiger partial charge in [0, 0.05) is 11.6 Å². The third kappa shape index (κ3) is 2.65. The summed E-state index contributed by atoms with van der Waals surface area (Å²) in [5, 5.41) is 0. The van der Waals surface area contributed by atoms with Crippen LogP contribution in [0.2, 0.25) is 0 Å². The number of hydrogen-bond donors (Lipinski definition) is 1. The van der Waals surface area contributed by atoms with Crippen molar-refractivity contribution >= 4 is 0 Å². The van der Waals surface area contributed by atoms with Gasteiger partial charge in [-0.3, -0.25) is 0 Å². The van der Waals surface area contributed by atoms with Crippen LogP contribution in [-0.4, -0.2) is 0 Å². The smallest absolute Gasteiger partial charge is 0.128 e. The highest BCUT2D eigenvalue weighted by molar-refractivity contribution is 5.23. The predicted molar refractivity (Wildman–Crippen MR) is 64.4 cm³/mol. The van der Waals surface area contributed by atoms with E-state index < -0.39 is 5.82 Å². The minimum atomic E-state index is -0.415. The van der Waals surface area contributed by atoms with Crippen molar-refractivity contribution in [2.75, 3.05) is 0 Å². The first-order chi connectivity index (χ1) is 8.11. The minimum Gasteiger partial charge on any atom is -0.324 e. The maximum Gasteiger partial charge on any atom is 0.128 e. The number of halogens is 2. The summed E-state index contributed by atoms with van der Waals surface area (Å²) in [4.78, 5) is 0. The van der Waals surface area contributed by atoms with E-state index in [9.17, 15) is 8.78 Å². The standard InChI is InChI=1S/C14H19F2N/c1-2-9-3-4-10(7-9)14(17)12-8-11(15)5-6-13(12)16/h5-6,8-10,14H,2-4,7,17H2,1H3. The molecule has 2 rings (SSSR count). The lowest BCUT2D eigenvalue weighted by molar-refractivity contribution is 0.403. The van der Waals surface area contributed by atoms with Crippen LogP contribution in [0.15, 0.2) is 18.2 Å². The van der Waals surface area contributed by atoms with E-state index in [0.29, 0.717) is 11.5 Å². The van der Waals surface area contributed by atoms with Crippen LogP contribution >= 0.6 is 0 Å². The van der Waals surface area contributed by atoms with E-state index in [1.54, 1.807) is 0 Å². The van der Waals surface area contributed by atoms with Crippen molar-refractivity contribution in [3.63, 3.8) is 0 Å². The summed E-state index contributed by atoms with van der Waals surface area (Å²) in [6.45, 7) is 2.17. The molecule has 0 spiro atoms. The molecule has 3 unspecified atom stereocenters. The van der Waals surface area contributed by atoms with E-state index in [1.165, 1.54) is 6.07 Å². The molecule has 1 aliphatic rings. The average molecular weight is 239 g/mol. The highest BCUT2D eigenvalue weighted by atomic mass is 19.1. The lowest BCUT2D eigenvalue weighted by Gasteiger charge is -2.20. The highest BCUT2D eigenvalue weighted by Crippen LogP contribution is 2.39. The van der Waals surface area contributed by atoms with Gasteiger partial charge in [-0.2, -0.15) is 0 Å². The number of hydrogen-bond acceptors (Lipinski definition) is 1. The Morgan fingerprint density at radius 1 is 1.35 bits per heavy atom. The zero-order valence-corrected chi connectivity index (χ0v) is 10.1. The first-order valence-electron chi connectivity index (χ1n) is 6.32. The lowest BCUT2D eigenvalue weighted by Crippen LogP contribution is -2.21. The summed E-state index contributed by atoms with van der Waals surface area (Å²) in [6, 6.07) is 3.16. The van der Waals surface area contributed by atoms with Crippen molar-refractivity contribution in [2.24, 2.45) is 17.6 Å². The topological polar surface area (TPSA) is 26.0 Å². The third-order valence-corrected chi connectivity index (χ3v) is 3.98. The number of rotatable bonds is 3. The zero-order valence-electron chi connectivity index (χ0n) is 10.1. The van der Waals surface area contributed by atoms with E-state index >= 15 is 0 Å². The van der Waals surface area contributed by atoms with E-state index in [-0.39, 0.29) is 17.8 Å². The van der Waals surface area contributed by atoms with E-state index in [2.05, 4.69) is 6.92 Å². The number of benzene rings is 1. The monoisotopic (exact) mass is 239 g/mol. The maximum absolute atomic E-state index is 13.6. The molecule has 0 radical (unpaired) electrons. The Kier molecular flexibility index (Phi) is 3.77. The summed E-state index contributed by atoms with van der Waals surface area (Å²) >= 11 is 0. The largest absolute Gasteiger partial charge is 0.324 e. The molecule has 0 amide bonds. The third-order valence-electron chi connectivity index (χ3n) is 3.98. The molecule has 1 aromatic carbocycles. The van der Waals surface area contributed by atoms with Crippen molar-refractivity contribution in [1.29, 1.82) is 0 Å². The SMILES string of the molecule is CCC1CCC(C(N)c2cc(F)ccc2F)C1. The van der Waals surface area contributed by atoms with Gasteiger partial charge in [-0.1, -0.05) is 19.8 Å². The van der Waals surface area contributed by atoms with Gasteiger partial charge in [0.15, 0.2) is 0 Å². The Bertz CT molecular complexity index is 392. The molecule has 94 valence electrons. The van der Waals surface area contributed by atoms with Crippen LogP contribution in [-0.2, 0) is 0 Å². The van der Waals surface area contributed by atoms with E-state index in [4.69, 9.17) is 5.73 Å². The first kappa shape index (κ1) is 12.5. The van der Waals surface area contributed by atoms with Crippen LogP contribution in [0.3, 0.4) is 0 Å². The molecule has 1 aliphatic carbocycles. The second-order valence-corrected chi connectivity index (χ2v) is 5.04. The zero-order chi connectivity index (χ0) is 12.4. The summed E-state index contributed by atoms with van der Waals surface area (Å²) < 4.78 is 26.7. The van der Waals surface area contributed by atoms with Gasteiger partial charge >= 0.3 is 0 Å². The molecular formula is C14H19F2N. The van der Waals surface area contributed by atoms with Gasteiger partial charge in [-0.15, -0.1) is 0 Å². The predicted octanol–water partition coefficient (Wildman–Crippen LogP) is 3.79. The average Bonchev–Trinajstić information content (AvgIpc) is 2.80. The lowest BCUT2D eigenvalue weighted by atomic mass is 9.91. The fourth-order valence-electron chi connectivity index (χ4n) is 2.83. The Morgan fingerprint density at radius 2 is 2.12 bits per heavy atom. The molecule has 1 nitrogen and oxygen atoms in total. The molecule has 0 bridgehead atoms. The minimum absolute atomic E-state index is 0.288. The van der Waals surface area contributed by atoms with Gasteiger partial charge in [0.05, 0.1) is 0 Å². The second-order valence-electron chi connectivity index (χ2n) is 5.04. The quantitative estimate of drug-likeness (QED) is 0.853. The molecular weight excluding hydrogens is 220 g/mol. The molecule has 3 atom stereocenters. The molecule has 1 saturated carbocycles.